The van der Waals surface area contributed by atoms with Crippen LogP contribution in [-0.2, 0) is 31.2 Å². The fourth-order valence-electron chi connectivity index (χ4n) is 10.6. The molecule has 0 unspecified atom stereocenters. The normalized spacial score (nSPS) is 18.4. The number of rotatable bonds is 19. The summed E-state index contributed by atoms with van der Waals surface area (Å²) in [5, 5.41) is 5.90. The van der Waals surface area contributed by atoms with Crippen LogP contribution in [0.1, 0.15) is 67.4 Å². The molecule has 4 amide bonds. The number of hydrogen-bond donors (Lipinski definition) is 3. The zero-order valence-corrected chi connectivity index (χ0v) is 48.1. The Bertz CT molecular complexity index is 3360. The third kappa shape index (κ3) is 15.0. The minimum absolute atomic E-state index is 0.0148. The van der Waals surface area contributed by atoms with Gasteiger partial charge in [0, 0.05) is 124 Å². The first-order valence-corrected chi connectivity index (χ1v) is 31.0. The summed E-state index contributed by atoms with van der Waals surface area (Å²) < 4.78 is 114. The van der Waals surface area contributed by atoms with Gasteiger partial charge in [-0.2, -0.15) is 17.6 Å². The van der Waals surface area contributed by atoms with Crippen LogP contribution in [0.3, 0.4) is 0 Å². The molecule has 1 aliphatic carbocycles. The highest BCUT2D eigenvalue weighted by atomic mass is 35.5. The number of carbonyl (C=O) groups excluding carboxylic acids is 3. The van der Waals surface area contributed by atoms with Crippen LogP contribution in [0.2, 0.25) is 5.02 Å². The number of pyridine rings is 1. The van der Waals surface area contributed by atoms with Crippen LogP contribution in [0, 0.1) is 11.4 Å². The van der Waals surface area contributed by atoms with Crippen molar-refractivity contribution in [2.45, 2.75) is 78.7 Å². The van der Waals surface area contributed by atoms with E-state index in [4.69, 9.17) is 11.6 Å². The molecular weight excluding hydrogens is 1130 g/mol. The lowest BCUT2D eigenvalue weighted by Gasteiger charge is -2.39. The van der Waals surface area contributed by atoms with E-state index < -0.39 is 70.7 Å². The second kappa shape index (κ2) is 25.2. The van der Waals surface area contributed by atoms with Crippen molar-refractivity contribution >= 4 is 83.7 Å². The molecule has 9 rings (SSSR count). The molecule has 1 atom stereocenters. The van der Waals surface area contributed by atoms with Crippen molar-refractivity contribution < 1.29 is 48.8 Å². The van der Waals surface area contributed by atoms with Gasteiger partial charge in [0.15, 0.2) is 0 Å². The second-order valence-electron chi connectivity index (χ2n) is 21.6. The highest BCUT2D eigenvalue weighted by Gasteiger charge is 2.48. The van der Waals surface area contributed by atoms with Crippen LogP contribution in [0.5, 0.6) is 0 Å². The summed E-state index contributed by atoms with van der Waals surface area (Å²) in [6.45, 7) is 11.7. The molecule has 16 nitrogen and oxygen atoms in total. The first kappa shape index (κ1) is 59.5. The van der Waals surface area contributed by atoms with Gasteiger partial charge in [-0.05, 0) is 121 Å². The SMILES string of the molecule is CC1(C)CCC(c2ccc(Cl)cc2)=C(CN2CCN(c3ccc(C(=O)NS(=O)(=O)c4ccc(N[C@H](CCN5CCN(Cc6cnc(F)c(N7CCC(=O)NC7=O)c6)CC5)CSc5ccccc5)c(S(=O)(=O)C(F)(F)F)c4)cc3)CC2)C1. The van der Waals surface area contributed by atoms with Crippen LogP contribution < -0.4 is 25.2 Å². The number of hydrogen-bond acceptors (Lipinski definition) is 14. The lowest BCUT2D eigenvalue weighted by Crippen LogP contribution is -2.50. The lowest BCUT2D eigenvalue weighted by molar-refractivity contribution is -0.120. The number of allylic oxidation sites excluding steroid dienone is 1. The number of thioether (sulfide) groups is 1. The van der Waals surface area contributed by atoms with Crippen molar-refractivity contribution in [1.82, 2.24) is 29.7 Å². The summed E-state index contributed by atoms with van der Waals surface area (Å²) in [6.07, 6.45) is 4.85. The molecule has 5 aromatic rings. The number of anilines is 3. The summed E-state index contributed by atoms with van der Waals surface area (Å²) in [5.74, 6) is -2.06. The van der Waals surface area contributed by atoms with E-state index in [-0.39, 0.29) is 35.4 Å². The van der Waals surface area contributed by atoms with E-state index in [1.54, 1.807) is 12.1 Å². The van der Waals surface area contributed by atoms with E-state index in [1.807, 2.05) is 47.2 Å². The third-order valence-electron chi connectivity index (χ3n) is 15.2. The minimum atomic E-state index is -6.15. The fraction of sp³-hybridized carbons (Fsp3) is 0.404. The first-order chi connectivity index (χ1) is 38.5. The number of amides is 4. The maximum atomic E-state index is 14.8. The molecule has 0 spiro atoms. The molecule has 81 heavy (non-hydrogen) atoms. The molecular formula is C57H64ClF4N9O7S3. The Morgan fingerprint density at radius 3 is 2.16 bits per heavy atom. The highest BCUT2D eigenvalue weighted by Crippen LogP contribution is 2.43. The maximum absolute atomic E-state index is 14.8. The van der Waals surface area contributed by atoms with Crippen molar-refractivity contribution in [1.29, 1.82) is 0 Å². The Hall–Kier alpha value is -6.08. The molecule has 4 heterocycles. The van der Waals surface area contributed by atoms with E-state index in [0.717, 1.165) is 66.5 Å². The number of urea groups is 1. The molecule has 432 valence electrons. The molecule has 3 saturated heterocycles. The number of carbonyl (C=O) groups is 3. The minimum Gasteiger partial charge on any atom is -0.380 e. The van der Waals surface area contributed by atoms with Gasteiger partial charge in [-0.25, -0.2) is 31.3 Å². The van der Waals surface area contributed by atoms with Crippen LogP contribution in [0.15, 0.2) is 130 Å². The number of imide groups is 1. The smallest absolute Gasteiger partial charge is 0.380 e. The fourth-order valence-corrected chi connectivity index (χ4v) is 13.8. The van der Waals surface area contributed by atoms with E-state index in [0.29, 0.717) is 75.4 Å². The number of piperazine rings is 2. The predicted octanol–water partition coefficient (Wildman–Crippen LogP) is 9.30. The van der Waals surface area contributed by atoms with Gasteiger partial charge in [-0.15, -0.1) is 11.8 Å². The number of halogens is 5. The van der Waals surface area contributed by atoms with Gasteiger partial charge in [0.05, 0.1) is 10.6 Å². The van der Waals surface area contributed by atoms with Gasteiger partial charge in [-0.1, -0.05) is 61.4 Å². The van der Waals surface area contributed by atoms with Gasteiger partial charge in [0.1, 0.15) is 10.6 Å². The Morgan fingerprint density at radius 2 is 1.48 bits per heavy atom. The van der Waals surface area contributed by atoms with Crippen LogP contribution in [0.25, 0.3) is 5.57 Å². The number of sulfonamides is 1. The molecule has 4 aromatic carbocycles. The number of benzene rings is 4. The van der Waals surface area contributed by atoms with Crippen molar-refractivity contribution in [3.63, 3.8) is 0 Å². The van der Waals surface area contributed by atoms with Crippen LogP contribution >= 0.6 is 23.4 Å². The highest BCUT2D eigenvalue weighted by molar-refractivity contribution is 7.99. The molecule has 3 N–H and O–H groups in total. The average Bonchev–Trinajstić information content (AvgIpc) is 3.48. The second-order valence-corrected chi connectivity index (χ2v) is 26.7. The Kier molecular flexibility index (Phi) is 18.5. The van der Waals surface area contributed by atoms with Gasteiger partial charge < -0.3 is 15.1 Å². The summed E-state index contributed by atoms with van der Waals surface area (Å²) in [7, 11) is -11.1. The first-order valence-electron chi connectivity index (χ1n) is 26.7. The number of nitrogens with one attached hydrogen (secondary N) is 3. The van der Waals surface area contributed by atoms with Crippen LogP contribution in [0.4, 0.5) is 39.4 Å². The van der Waals surface area contributed by atoms with Crippen molar-refractivity contribution in [3.8, 4) is 0 Å². The monoisotopic (exact) mass is 1190 g/mol. The van der Waals surface area contributed by atoms with Crippen molar-refractivity contribution in [2.75, 3.05) is 92.9 Å². The third-order valence-corrected chi connectivity index (χ3v) is 19.5. The number of sulfone groups is 1. The van der Waals surface area contributed by atoms with Gasteiger partial charge >= 0.3 is 11.5 Å². The topological polar surface area (TPSA) is 185 Å². The number of aromatic nitrogens is 1. The lowest BCUT2D eigenvalue weighted by atomic mass is 9.73. The van der Waals surface area contributed by atoms with Crippen molar-refractivity contribution in [2.24, 2.45) is 5.41 Å². The molecule has 1 aromatic heterocycles. The molecule has 0 radical (unpaired) electrons. The Morgan fingerprint density at radius 1 is 0.815 bits per heavy atom. The number of nitrogens with zero attached hydrogens (tertiary/aromatic N) is 6. The average molecular weight is 1190 g/mol. The van der Waals surface area contributed by atoms with E-state index in [9.17, 15) is 48.8 Å². The maximum Gasteiger partial charge on any atom is 0.501 e. The molecule has 3 fully saturated rings. The standard InChI is InChI=1S/C57H64ClF4N9O7S3/c1-56(2)21-18-48(40-8-12-43(58)13-9-40)42(34-56)37-69-28-30-70(31-29-69)45-14-10-41(11-15-45)54(73)66-81(77,78)47-16-17-49(51(33-47)80(75,76)57(60,61)62)64-44(38-79-46-6-4-3-5-7-46)19-22-67-24-26-68(27-25-67)36-39-32-50(53(59)63-35-39)71-23-20-52(72)65-55(71)74/h3-17,32-33,35,44,64H,18-31,34,36-38H2,1-2H3,(H,66,73)(H,65,72,74)/t44-/m1/s1. The zero-order chi connectivity index (χ0) is 57.7. The summed E-state index contributed by atoms with van der Waals surface area (Å²) in [5.41, 5.74) is -0.653. The Labute approximate surface area is 479 Å². The van der Waals surface area contributed by atoms with E-state index in [1.165, 1.54) is 52.9 Å². The van der Waals surface area contributed by atoms with Gasteiger partial charge in [0.25, 0.3) is 25.8 Å². The molecule has 0 bridgehead atoms. The van der Waals surface area contributed by atoms with Crippen LogP contribution in [-0.4, -0.2) is 144 Å². The molecule has 4 aliphatic rings. The summed E-state index contributed by atoms with van der Waals surface area (Å²) >= 11 is 7.61. The largest absolute Gasteiger partial charge is 0.501 e. The van der Waals surface area contributed by atoms with Gasteiger partial charge in [0.2, 0.25) is 11.9 Å². The Balaban J connectivity index is 0.835. The number of alkyl halides is 3. The summed E-state index contributed by atoms with van der Waals surface area (Å²) in [6, 6.07) is 26.2. The van der Waals surface area contributed by atoms with Crippen molar-refractivity contribution in [3.05, 3.63) is 143 Å². The van der Waals surface area contributed by atoms with E-state index >= 15 is 0 Å². The molecule has 24 heteroatoms. The molecule has 0 saturated carbocycles. The predicted molar refractivity (Wildman–Crippen MR) is 306 cm³/mol. The summed E-state index contributed by atoms with van der Waals surface area (Å²) in [4.78, 5) is 50.2. The van der Waals surface area contributed by atoms with Gasteiger partial charge in [-0.3, -0.25) is 29.6 Å². The van der Waals surface area contributed by atoms with E-state index in [2.05, 4.69) is 61.2 Å². The molecule has 3 aliphatic heterocycles. The quantitative estimate of drug-likeness (QED) is 0.0404. The zero-order valence-electron chi connectivity index (χ0n) is 44.9.